The van der Waals surface area contributed by atoms with Crippen LogP contribution in [-0.2, 0) is 13.0 Å². The van der Waals surface area contributed by atoms with E-state index in [-0.39, 0.29) is 0 Å². The van der Waals surface area contributed by atoms with E-state index in [1.165, 1.54) is 19.5 Å². The first-order valence-electron chi connectivity index (χ1n) is 6.98. The molecule has 2 aliphatic rings. The summed E-state index contributed by atoms with van der Waals surface area (Å²) in [4.78, 5) is 6.98. The Labute approximate surface area is 108 Å². The third-order valence-corrected chi connectivity index (χ3v) is 4.00. The molecule has 1 aromatic heterocycles. The highest BCUT2D eigenvalue weighted by molar-refractivity contribution is 4.97. The van der Waals surface area contributed by atoms with Crippen LogP contribution in [0.3, 0.4) is 0 Å². The number of fused-ring (bicyclic) bond motifs is 1. The van der Waals surface area contributed by atoms with Crippen LogP contribution < -0.4 is 5.32 Å². The molecule has 2 saturated heterocycles. The Morgan fingerprint density at radius 2 is 2.33 bits per heavy atom. The summed E-state index contributed by atoms with van der Waals surface area (Å²) < 4.78 is 5.29. The predicted octanol–water partition coefficient (Wildman–Crippen LogP) is 1.06. The van der Waals surface area contributed by atoms with E-state index in [1.54, 1.807) is 0 Å². The summed E-state index contributed by atoms with van der Waals surface area (Å²) in [5, 5.41) is 7.56. The fourth-order valence-corrected chi connectivity index (χ4v) is 3.10. The average molecular weight is 250 g/mol. The number of nitrogens with one attached hydrogen (secondary N) is 1. The SMILES string of the molecule is CC(C)Cc1nc(CN2CCC3CNCC32)no1. The molecule has 2 atom stereocenters. The minimum Gasteiger partial charge on any atom is -0.339 e. The number of aromatic nitrogens is 2. The lowest BCUT2D eigenvalue weighted by atomic mass is 10.1. The largest absolute Gasteiger partial charge is 0.339 e. The Balaban J connectivity index is 1.60. The van der Waals surface area contributed by atoms with Gasteiger partial charge in [-0.2, -0.15) is 4.98 Å². The molecule has 5 heteroatoms. The van der Waals surface area contributed by atoms with Crippen molar-refractivity contribution in [2.24, 2.45) is 11.8 Å². The third-order valence-electron chi connectivity index (χ3n) is 4.00. The molecule has 1 N–H and O–H groups in total. The molecule has 1 aromatic rings. The van der Waals surface area contributed by atoms with Crippen LogP contribution in [-0.4, -0.2) is 40.7 Å². The first kappa shape index (κ1) is 12.1. The molecule has 0 aliphatic carbocycles. The smallest absolute Gasteiger partial charge is 0.226 e. The van der Waals surface area contributed by atoms with Crippen molar-refractivity contribution in [1.82, 2.24) is 20.4 Å². The molecule has 18 heavy (non-hydrogen) atoms. The molecule has 0 amide bonds. The summed E-state index contributed by atoms with van der Waals surface area (Å²) in [5.41, 5.74) is 0. The van der Waals surface area contributed by atoms with Crippen LogP contribution in [0.25, 0.3) is 0 Å². The van der Waals surface area contributed by atoms with E-state index < -0.39 is 0 Å². The van der Waals surface area contributed by atoms with Gasteiger partial charge in [0.05, 0.1) is 6.54 Å². The highest BCUT2D eigenvalue weighted by Gasteiger charge is 2.37. The zero-order chi connectivity index (χ0) is 12.5. The molecule has 2 unspecified atom stereocenters. The summed E-state index contributed by atoms with van der Waals surface area (Å²) >= 11 is 0. The van der Waals surface area contributed by atoms with E-state index in [9.17, 15) is 0 Å². The molecule has 2 aliphatic heterocycles. The van der Waals surface area contributed by atoms with Gasteiger partial charge < -0.3 is 9.84 Å². The zero-order valence-electron chi connectivity index (χ0n) is 11.2. The maximum absolute atomic E-state index is 5.29. The Morgan fingerprint density at radius 1 is 1.44 bits per heavy atom. The molecule has 2 fully saturated rings. The lowest BCUT2D eigenvalue weighted by Gasteiger charge is -2.20. The second kappa shape index (κ2) is 4.97. The predicted molar refractivity (Wildman–Crippen MR) is 68.0 cm³/mol. The topological polar surface area (TPSA) is 54.2 Å². The fraction of sp³-hybridized carbons (Fsp3) is 0.846. The van der Waals surface area contributed by atoms with Crippen molar-refractivity contribution in [3.8, 4) is 0 Å². The Bertz CT molecular complexity index is 403. The summed E-state index contributed by atoms with van der Waals surface area (Å²) in [5.74, 6) is 3.01. The van der Waals surface area contributed by atoms with Crippen LogP contribution in [0.5, 0.6) is 0 Å². The summed E-state index contributed by atoms with van der Waals surface area (Å²) in [6, 6.07) is 0.678. The lowest BCUT2D eigenvalue weighted by Crippen LogP contribution is -2.33. The van der Waals surface area contributed by atoms with Crippen molar-refractivity contribution in [3.63, 3.8) is 0 Å². The van der Waals surface area contributed by atoms with Crippen molar-refractivity contribution in [3.05, 3.63) is 11.7 Å². The minimum atomic E-state index is 0.563. The number of hydrogen-bond acceptors (Lipinski definition) is 5. The first-order valence-corrected chi connectivity index (χ1v) is 6.98. The summed E-state index contributed by atoms with van der Waals surface area (Å²) in [6.07, 6.45) is 2.18. The highest BCUT2D eigenvalue weighted by Crippen LogP contribution is 2.27. The van der Waals surface area contributed by atoms with Gasteiger partial charge >= 0.3 is 0 Å². The van der Waals surface area contributed by atoms with E-state index in [1.807, 2.05) is 0 Å². The first-order chi connectivity index (χ1) is 8.72. The second-order valence-corrected chi connectivity index (χ2v) is 5.95. The van der Waals surface area contributed by atoms with Gasteiger partial charge in [0.2, 0.25) is 5.89 Å². The van der Waals surface area contributed by atoms with Gasteiger partial charge in [-0.1, -0.05) is 19.0 Å². The van der Waals surface area contributed by atoms with Crippen molar-refractivity contribution in [1.29, 1.82) is 0 Å². The van der Waals surface area contributed by atoms with Crippen LogP contribution in [0.15, 0.2) is 4.52 Å². The Kier molecular flexibility index (Phi) is 3.35. The normalized spacial score (nSPS) is 28.2. The summed E-state index contributed by atoms with van der Waals surface area (Å²) in [7, 11) is 0. The Hall–Kier alpha value is -0.940. The van der Waals surface area contributed by atoms with Gasteiger partial charge in [-0.05, 0) is 31.3 Å². The van der Waals surface area contributed by atoms with Crippen molar-refractivity contribution < 1.29 is 4.52 Å². The molecule has 0 bridgehead atoms. The molecular formula is C13H22N4O. The second-order valence-electron chi connectivity index (χ2n) is 5.95. The van der Waals surface area contributed by atoms with Gasteiger partial charge in [-0.3, -0.25) is 4.90 Å². The lowest BCUT2D eigenvalue weighted by molar-refractivity contribution is 0.234. The van der Waals surface area contributed by atoms with Crippen LogP contribution >= 0.6 is 0 Å². The maximum atomic E-state index is 5.29. The van der Waals surface area contributed by atoms with Crippen molar-refractivity contribution in [2.75, 3.05) is 19.6 Å². The maximum Gasteiger partial charge on any atom is 0.226 e. The molecule has 0 spiro atoms. The summed E-state index contributed by atoms with van der Waals surface area (Å²) in [6.45, 7) is 8.63. The number of nitrogens with zero attached hydrogens (tertiary/aromatic N) is 3. The van der Waals surface area contributed by atoms with Gasteiger partial charge in [-0.25, -0.2) is 0 Å². The minimum absolute atomic E-state index is 0.563. The molecule has 3 rings (SSSR count). The molecule has 100 valence electrons. The monoisotopic (exact) mass is 250 g/mol. The van der Waals surface area contributed by atoms with Crippen LogP contribution in [0.2, 0.25) is 0 Å². The van der Waals surface area contributed by atoms with Crippen molar-refractivity contribution in [2.45, 2.75) is 39.3 Å². The van der Waals surface area contributed by atoms with E-state index in [0.29, 0.717) is 12.0 Å². The number of hydrogen-bond donors (Lipinski definition) is 1. The number of rotatable bonds is 4. The average Bonchev–Trinajstić information content (AvgIpc) is 2.96. The van der Waals surface area contributed by atoms with Gasteiger partial charge in [0.1, 0.15) is 0 Å². The van der Waals surface area contributed by atoms with E-state index in [2.05, 4.69) is 34.2 Å². The number of likely N-dealkylation sites (tertiary alicyclic amines) is 1. The van der Waals surface area contributed by atoms with Crippen molar-refractivity contribution >= 4 is 0 Å². The third kappa shape index (κ3) is 2.42. The molecule has 0 saturated carbocycles. The van der Waals surface area contributed by atoms with Gasteiger partial charge in [0.25, 0.3) is 0 Å². The Morgan fingerprint density at radius 3 is 3.17 bits per heavy atom. The molecule has 3 heterocycles. The zero-order valence-corrected chi connectivity index (χ0v) is 11.2. The van der Waals surface area contributed by atoms with E-state index >= 15 is 0 Å². The van der Waals surface area contributed by atoms with Crippen LogP contribution in [0.4, 0.5) is 0 Å². The van der Waals surface area contributed by atoms with Gasteiger partial charge in [0.15, 0.2) is 5.82 Å². The quantitative estimate of drug-likeness (QED) is 0.866. The molecule has 5 nitrogen and oxygen atoms in total. The highest BCUT2D eigenvalue weighted by atomic mass is 16.5. The van der Waals surface area contributed by atoms with E-state index in [0.717, 1.165) is 37.1 Å². The van der Waals surface area contributed by atoms with Crippen LogP contribution in [0, 0.1) is 11.8 Å². The van der Waals surface area contributed by atoms with Gasteiger partial charge in [0, 0.05) is 19.0 Å². The fourth-order valence-electron chi connectivity index (χ4n) is 3.10. The molecular weight excluding hydrogens is 228 g/mol. The van der Waals surface area contributed by atoms with Gasteiger partial charge in [-0.15, -0.1) is 0 Å². The molecule has 0 aromatic carbocycles. The molecule has 0 radical (unpaired) electrons. The van der Waals surface area contributed by atoms with Crippen LogP contribution in [0.1, 0.15) is 32.0 Å². The standard InChI is InChI=1S/C13H22N4O/c1-9(2)5-13-15-12(16-18-13)8-17-4-3-10-6-14-7-11(10)17/h9-11,14H,3-8H2,1-2H3. The van der Waals surface area contributed by atoms with E-state index in [4.69, 9.17) is 4.52 Å².